The number of aromatic hydroxyl groups is 2. The molecule has 4 atom stereocenters. The quantitative estimate of drug-likeness (QED) is 0.452. The van der Waals surface area contributed by atoms with Crippen molar-refractivity contribution >= 4 is 11.9 Å². The van der Waals surface area contributed by atoms with Crippen LogP contribution >= 0.6 is 0 Å². The minimum absolute atomic E-state index is 0.140. The lowest BCUT2D eigenvalue weighted by molar-refractivity contribution is -0.168. The van der Waals surface area contributed by atoms with Crippen LogP contribution in [0.4, 0.5) is 0 Å². The number of benzene rings is 1. The summed E-state index contributed by atoms with van der Waals surface area (Å²) in [7, 11) is 0. The lowest BCUT2D eigenvalue weighted by Crippen LogP contribution is -2.40. The van der Waals surface area contributed by atoms with E-state index >= 15 is 0 Å². The highest BCUT2D eigenvalue weighted by molar-refractivity contribution is 5.76. The molecule has 0 amide bonds. The van der Waals surface area contributed by atoms with Crippen LogP contribution in [0.2, 0.25) is 0 Å². The first-order valence-corrected chi connectivity index (χ1v) is 8.83. The highest BCUT2D eigenvalue weighted by Gasteiger charge is 2.25. The van der Waals surface area contributed by atoms with Gasteiger partial charge in [0, 0.05) is 0 Å². The average molecular weight is 367 g/mol. The molecule has 26 heavy (non-hydrogen) atoms. The van der Waals surface area contributed by atoms with E-state index in [9.17, 15) is 19.8 Å². The molecule has 7 heteroatoms. The first-order chi connectivity index (χ1) is 12.1. The van der Waals surface area contributed by atoms with Crippen LogP contribution in [0.3, 0.4) is 0 Å². The van der Waals surface area contributed by atoms with Crippen molar-refractivity contribution in [3.05, 3.63) is 23.8 Å². The smallest absolute Gasteiger partial charge is 0.323 e. The van der Waals surface area contributed by atoms with Gasteiger partial charge >= 0.3 is 11.9 Å². The van der Waals surface area contributed by atoms with Gasteiger partial charge in [-0.1, -0.05) is 26.3 Å². The molecule has 146 valence electrons. The molecule has 0 spiro atoms. The fourth-order valence-electron chi connectivity index (χ4n) is 2.35. The van der Waals surface area contributed by atoms with E-state index in [1.54, 1.807) is 26.8 Å². The Balaban J connectivity index is 2.53. The summed E-state index contributed by atoms with van der Waals surface area (Å²) >= 11 is 0. The summed E-state index contributed by atoms with van der Waals surface area (Å²) in [6.07, 6.45) is 0.539. The van der Waals surface area contributed by atoms with Crippen LogP contribution in [0.5, 0.6) is 11.5 Å². The number of carbonyl (C=O) groups excluding carboxylic acids is 2. The standard InChI is InChI=1S/C19H29NO6/c1-5-6-11(2)18(23)25-12(3)13(4)26-19(24)15(20)9-14-7-8-16(21)17(22)10-14/h7-8,10-13,15,21-22H,5-6,9,20H2,1-4H3/t11?,12?,13-,15+/m1/s1. The van der Waals surface area contributed by atoms with Crippen molar-refractivity contribution in [2.24, 2.45) is 11.7 Å². The number of hydrogen-bond donors (Lipinski definition) is 3. The largest absolute Gasteiger partial charge is 0.504 e. The van der Waals surface area contributed by atoms with Crippen LogP contribution < -0.4 is 5.73 Å². The molecule has 0 aliphatic rings. The number of carbonyl (C=O) groups is 2. The lowest BCUT2D eigenvalue weighted by atomic mass is 10.1. The maximum Gasteiger partial charge on any atom is 0.323 e. The second-order valence-corrected chi connectivity index (χ2v) is 6.61. The van der Waals surface area contributed by atoms with Gasteiger partial charge in [0.15, 0.2) is 11.5 Å². The molecule has 1 rings (SSSR count). The number of phenols is 2. The first kappa shape index (κ1) is 21.8. The van der Waals surface area contributed by atoms with E-state index in [-0.39, 0.29) is 29.8 Å². The molecule has 0 saturated carbocycles. The summed E-state index contributed by atoms with van der Waals surface area (Å²) in [5, 5.41) is 18.8. The molecule has 0 aromatic heterocycles. The van der Waals surface area contributed by atoms with Crippen molar-refractivity contribution in [1.82, 2.24) is 0 Å². The van der Waals surface area contributed by atoms with E-state index in [2.05, 4.69) is 0 Å². The number of rotatable bonds is 9. The third kappa shape index (κ3) is 6.55. The molecule has 0 aliphatic heterocycles. The fraction of sp³-hybridized carbons (Fsp3) is 0.579. The van der Waals surface area contributed by atoms with Gasteiger partial charge in [0.2, 0.25) is 0 Å². The molecular weight excluding hydrogens is 338 g/mol. The number of phenolic OH excluding ortho intramolecular Hbond substituents is 2. The van der Waals surface area contributed by atoms with E-state index in [4.69, 9.17) is 15.2 Å². The molecule has 0 heterocycles. The third-order valence-electron chi connectivity index (χ3n) is 4.19. The number of esters is 2. The van der Waals surface area contributed by atoms with Crippen molar-refractivity contribution in [2.75, 3.05) is 0 Å². The number of hydrogen-bond acceptors (Lipinski definition) is 7. The SMILES string of the molecule is CCCC(C)C(=O)OC(C)[C@@H](C)OC(=O)[C@@H](N)Cc1ccc(O)c(O)c1. The Morgan fingerprint density at radius 2 is 1.62 bits per heavy atom. The highest BCUT2D eigenvalue weighted by Crippen LogP contribution is 2.25. The molecule has 0 radical (unpaired) electrons. The van der Waals surface area contributed by atoms with Gasteiger partial charge in [-0.15, -0.1) is 0 Å². The Morgan fingerprint density at radius 3 is 2.15 bits per heavy atom. The summed E-state index contributed by atoms with van der Waals surface area (Å²) in [4.78, 5) is 24.1. The van der Waals surface area contributed by atoms with Gasteiger partial charge in [-0.05, 0) is 44.4 Å². The Hall–Kier alpha value is -2.28. The highest BCUT2D eigenvalue weighted by atomic mass is 16.6. The summed E-state index contributed by atoms with van der Waals surface area (Å²) in [5.41, 5.74) is 6.44. The van der Waals surface area contributed by atoms with Gasteiger partial charge in [-0.3, -0.25) is 9.59 Å². The molecule has 0 bridgehead atoms. The molecule has 7 nitrogen and oxygen atoms in total. The van der Waals surface area contributed by atoms with Crippen LogP contribution in [0.25, 0.3) is 0 Å². The van der Waals surface area contributed by atoms with E-state index in [0.29, 0.717) is 5.56 Å². The van der Waals surface area contributed by atoms with E-state index < -0.39 is 24.2 Å². The summed E-state index contributed by atoms with van der Waals surface area (Å²) in [5.74, 6) is -1.67. The Morgan fingerprint density at radius 1 is 1.04 bits per heavy atom. The van der Waals surface area contributed by atoms with E-state index in [1.165, 1.54) is 12.1 Å². The molecule has 1 aromatic rings. The van der Waals surface area contributed by atoms with Crippen LogP contribution in [0.1, 0.15) is 46.1 Å². The second-order valence-electron chi connectivity index (χ2n) is 6.61. The van der Waals surface area contributed by atoms with Crippen molar-refractivity contribution in [3.8, 4) is 11.5 Å². The van der Waals surface area contributed by atoms with Gasteiger partial charge in [-0.25, -0.2) is 0 Å². The first-order valence-electron chi connectivity index (χ1n) is 8.83. The Kier molecular flexibility index (Phi) is 8.38. The molecule has 4 N–H and O–H groups in total. The van der Waals surface area contributed by atoms with Gasteiger partial charge in [0.1, 0.15) is 18.2 Å². The van der Waals surface area contributed by atoms with Gasteiger partial charge in [0.25, 0.3) is 0 Å². The Labute approximate surface area is 154 Å². The maximum atomic E-state index is 12.1. The number of nitrogens with two attached hydrogens (primary N) is 1. The zero-order valence-electron chi connectivity index (χ0n) is 15.8. The molecule has 0 fully saturated rings. The van der Waals surface area contributed by atoms with E-state index in [1.807, 2.05) is 6.92 Å². The average Bonchev–Trinajstić information content (AvgIpc) is 2.58. The van der Waals surface area contributed by atoms with Crippen molar-refractivity contribution < 1.29 is 29.3 Å². The third-order valence-corrected chi connectivity index (χ3v) is 4.19. The zero-order valence-corrected chi connectivity index (χ0v) is 15.8. The van der Waals surface area contributed by atoms with Crippen LogP contribution in [-0.4, -0.2) is 40.4 Å². The fourth-order valence-corrected chi connectivity index (χ4v) is 2.35. The van der Waals surface area contributed by atoms with Crippen molar-refractivity contribution in [3.63, 3.8) is 0 Å². The molecule has 0 saturated heterocycles. The molecule has 2 unspecified atom stereocenters. The molecule has 0 aliphatic carbocycles. The number of ether oxygens (including phenoxy) is 2. The van der Waals surface area contributed by atoms with Crippen molar-refractivity contribution in [1.29, 1.82) is 0 Å². The second kappa shape index (κ2) is 10.0. The van der Waals surface area contributed by atoms with Crippen LogP contribution in [0.15, 0.2) is 18.2 Å². The predicted molar refractivity (Wildman–Crippen MR) is 96.6 cm³/mol. The minimum atomic E-state index is -0.941. The normalized spacial score (nSPS) is 15.6. The Bertz CT molecular complexity index is 618. The summed E-state index contributed by atoms with van der Waals surface area (Å²) < 4.78 is 10.6. The van der Waals surface area contributed by atoms with Gasteiger partial charge < -0.3 is 25.4 Å². The molecule has 1 aromatic carbocycles. The minimum Gasteiger partial charge on any atom is -0.504 e. The van der Waals surface area contributed by atoms with Crippen LogP contribution in [0, 0.1) is 5.92 Å². The topological polar surface area (TPSA) is 119 Å². The van der Waals surface area contributed by atoms with E-state index in [0.717, 1.165) is 12.8 Å². The summed E-state index contributed by atoms with van der Waals surface area (Å²) in [6, 6.07) is 3.28. The lowest BCUT2D eigenvalue weighted by Gasteiger charge is -2.23. The molecular formula is C19H29NO6. The maximum absolute atomic E-state index is 12.1. The van der Waals surface area contributed by atoms with Crippen LogP contribution in [-0.2, 0) is 25.5 Å². The summed E-state index contributed by atoms with van der Waals surface area (Å²) in [6.45, 7) is 7.10. The zero-order chi connectivity index (χ0) is 19.9. The monoisotopic (exact) mass is 367 g/mol. The van der Waals surface area contributed by atoms with Gasteiger partial charge in [-0.2, -0.15) is 0 Å². The van der Waals surface area contributed by atoms with Gasteiger partial charge in [0.05, 0.1) is 5.92 Å². The van der Waals surface area contributed by atoms with Crippen molar-refractivity contribution in [2.45, 2.75) is 65.2 Å². The predicted octanol–water partition coefficient (Wildman–Crippen LogP) is 2.27.